The molecule has 5 heteroatoms. The van der Waals surface area contributed by atoms with Crippen LogP contribution in [0.15, 0.2) is 24.3 Å². The molecule has 0 aliphatic rings. The van der Waals surface area contributed by atoms with E-state index in [1.165, 1.54) is 6.07 Å². The maximum Gasteiger partial charge on any atom is 0.272 e. The molecule has 1 atom stereocenters. The van der Waals surface area contributed by atoms with E-state index in [1.54, 1.807) is 30.8 Å². The van der Waals surface area contributed by atoms with Gasteiger partial charge in [0.2, 0.25) is 6.29 Å². The van der Waals surface area contributed by atoms with Crippen molar-refractivity contribution in [1.82, 2.24) is 0 Å². The fraction of sp³-hybridized carbons (Fsp3) is 0.273. The van der Waals surface area contributed by atoms with Crippen molar-refractivity contribution in [3.63, 3.8) is 0 Å². The minimum absolute atomic E-state index is 0.0475. The summed E-state index contributed by atoms with van der Waals surface area (Å²) in [4.78, 5) is 30.8. The zero-order chi connectivity index (χ0) is 12.0. The lowest BCUT2D eigenvalue weighted by Crippen LogP contribution is -2.08. The van der Waals surface area contributed by atoms with Crippen LogP contribution in [-0.2, 0) is 16.0 Å². The molecule has 5 nitrogen and oxygen atoms in total. The highest BCUT2D eigenvalue weighted by Gasteiger charge is 2.17. The van der Waals surface area contributed by atoms with E-state index < -0.39 is 10.8 Å². The number of nitrogens with zero attached hydrogens (tertiary/aromatic N) is 1. The molecule has 1 rings (SSSR count). The molecular weight excluding hydrogens is 210 g/mol. The van der Waals surface area contributed by atoms with Crippen molar-refractivity contribution < 1.29 is 14.5 Å². The molecule has 82 valence electrons. The Balaban J connectivity index is 2.90. The molecule has 0 saturated carbocycles. The summed E-state index contributed by atoms with van der Waals surface area (Å²) in [6, 6.07) is 6.12. The Morgan fingerprint density at radius 1 is 1.31 bits per heavy atom. The summed E-state index contributed by atoms with van der Waals surface area (Å²) in [6.45, 7) is 0. The number of nitro benzene ring substituents is 1. The lowest BCUT2D eigenvalue weighted by atomic mass is 9.97. The van der Waals surface area contributed by atoms with E-state index >= 15 is 0 Å². The lowest BCUT2D eigenvalue weighted by molar-refractivity contribution is -0.385. The molecule has 1 aromatic carbocycles. The Morgan fingerprint density at radius 2 is 2.00 bits per heavy atom. The van der Waals surface area contributed by atoms with Crippen molar-refractivity contribution in [2.75, 3.05) is 0 Å². The smallest absolute Gasteiger partial charge is 0.272 e. The molecular formula is C11H9NO4. The Bertz CT molecular complexity index is 403. The minimum Gasteiger partial charge on any atom is -0.291 e. The normalized spacial score (nSPS) is 11.8. The summed E-state index contributed by atoms with van der Waals surface area (Å²) in [5.74, 6) is -0.668. The molecule has 2 radical (unpaired) electrons. The van der Waals surface area contributed by atoms with E-state index in [4.69, 9.17) is 0 Å². The average Bonchev–Trinajstić information content (AvgIpc) is 2.29. The van der Waals surface area contributed by atoms with Gasteiger partial charge in [0.1, 0.15) is 0 Å². The Kier molecular flexibility index (Phi) is 4.32. The molecule has 0 heterocycles. The van der Waals surface area contributed by atoms with Crippen LogP contribution in [-0.4, -0.2) is 17.5 Å². The number of para-hydroxylation sites is 1. The molecule has 16 heavy (non-hydrogen) atoms. The van der Waals surface area contributed by atoms with Crippen LogP contribution in [0.3, 0.4) is 0 Å². The fourth-order valence-corrected chi connectivity index (χ4v) is 1.38. The number of hydrogen-bond acceptors (Lipinski definition) is 4. The third-order valence-electron chi connectivity index (χ3n) is 2.15. The number of nitro groups is 1. The molecule has 0 spiro atoms. The molecule has 0 fully saturated rings. The Hall–Kier alpha value is -2.04. The van der Waals surface area contributed by atoms with E-state index in [2.05, 4.69) is 0 Å². The van der Waals surface area contributed by atoms with Gasteiger partial charge in [0.15, 0.2) is 6.29 Å². The van der Waals surface area contributed by atoms with Crippen molar-refractivity contribution in [2.45, 2.75) is 12.8 Å². The van der Waals surface area contributed by atoms with Gasteiger partial charge in [0, 0.05) is 24.0 Å². The van der Waals surface area contributed by atoms with Gasteiger partial charge in [-0.3, -0.25) is 19.7 Å². The van der Waals surface area contributed by atoms with Crippen molar-refractivity contribution in [1.29, 1.82) is 0 Å². The highest BCUT2D eigenvalue weighted by atomic mass is 16.6. The Morgan fingerprint density at radius 3 is 2.56 bits per heavy atom. The lowest BCUT2D eigenvalue weighted by Gasteiger charge is -2.05. The fourth-order valence-electron chi connectivity index (χ4n) is 1.38. The maximum absolute atomic E-state index is 10.7. The first-order chi connectivity index (χ1) is 7.69. The third kappa shape index (κ3) is 2.98. The van der Waals surface area contributed by atoms with E-state index in [0.29, 0.717) is 5.56 Å². The summed E-state index contributed by atoms with van der Waals surface area (Å²) in [5.41, 5.74) is 0.379. The molecule has 0 aliphatic heterocycles. The zero-order valence-corrected chi connectivity index (χ0v) is 8.38. The molecule has 0 N–H and O–H groups in total. The second-order valence-corrected chi connectivity index (χ2v) is 3.25. The molecule has 0 bridgehead atoms. The van der Waals surface area contributed by atoms with Crippen LogP contribution in [0.2, 0.25) is 0 Å². The number of hydrogen-bond donors (Lipinski definition) is 0. The minimum atomic E-state index is -0.668. The highest BCUT2D eigenvalue weighted by Crippen LogP contribution is 2.21. The molecule has 0 aromatic heterocycles. The second-order valence-electron chi connectivity index (χ2n) is 3.25. The number of rotatable bonds is 6. The van der Waals surface area contributed by atoms with Crippen molar-refractivity contribution in [2.24, 2.45) is 5.92 Å². The SMILES string of the molecule is O=[C]CC([C]=O)Cc1ccccc1[N+](=O)[O-]. The van der Waals surface area contributed by atoms with Gasteiger partial charge in [-0.25, -0.2) is 0 Å². The zero-order valence-electron chi connectivity index (χ0n) is 8.38. The van der Waals surface area contributed by atoms with Gasteiger partial charge in [0.05, 0.1) is 4.92 Å². The second kappa shape index (κ2) is 5.75. The predicted molar refractivity (Wildman–Crippen MR) is 56.3 cm³/mol. The highest BCUT2D eigenvalue weighted by molar-refractivity contribution is 5.63. The first kappa shape index (κ1) is 12.0. The standard InChI is InChI=1S/C11H9NO4/c13-6-5-9(8-14)7-10-3-1-2-4-11(10)12(15)16/h1-4,9H,5,7H2. The van der Waals surface area contributed by atoms with Crippen LogP contribution < -0.4 is 0 Å². The maximum atomic E-state index is 10.7. The molecule has 0 amide bonds. The quantitative estimate of drug-likeness (QED) is 0.534. The van der Waals surface area contributed by atoms with Gasteiger partial charge < -0.3 is 0 Å². The molecule has 0 saturated heterocycles. The molecule has 1 aromatic rings. The first-order valence-corrected chi connectivity index (χ1v) is 4.64. The summed E-state index contributed by atoms with van der Waals surface area (Å²) in [5, 5.41) is 10.7. The van der Waals surface area contributed by atoms with Crippen molar-refractivity contribution in [3.8, 4) is 0 Å². The summed E-state index contributed by atoms with van der Waals surface area (Å²) >= 11 is 0. The van der Waals surface area contributed by atoms with Crippen molar-refractivity contribution >= 4 is 18.3 Å². The van der Waals surface area contributed by atoms with Crippen LogP contribution in [0, 0.1) is 16.0 Å². The van der Waals surface area contributed by atoms with E-state index in [9.17, 15) is 19.7 Å². The topological polar surface area (TPSA) is 77.3 Å². The predicted octanol–water partition coefficient (Wildman–Crippen LogP) is 1.36. The molecule has 0 aliphatic carbocycles. The van der Waals surface area contributed by atoms with Crippen molar-refractivity contribution in [3.05, 3.63) is 39.9 Å². The van der Waals surface area contributed by atoms with E-state index in [-0.39, 0.29) is 18.5 Å². The van der Waals surface area contributed by atoms with Gasteiger partial charge in [0.25, 0.3) is 5.69 Å². The van der Waals surface area contributed by atoms with Gasteiger partial charge in [-0.05, 0) is 6.42 Å². The third-order valence-corrected chi connectivity index (χ3v) is 2.15. The van der Waals surface area contributed by atoms with E-state index in [0.717, 1.165) is 0 Å². The largest absolute Gasteiger partial charge is 0.291 e. The van der Waals surface area contributed by atoms with Gasteiger partial charge in [-0.2, -0.15) is 0 Å². The van der Waals surface area contributed by atoms with Crippen LogP contribution in [0.4, 0.5) is 5.69 Å². The summed E-state index contributed by atoms with van der Waals surface area (Å²) < 4.78 is 0. The average molecular weight is 219 g/mol. The van der Waals surface area contributed by atoms with Crippen LogP contribution in [0.25, 0.3) is 0 Å². The first-order valence-electron chi connectivity index (χ1n) is 4.64. The number of benzene rings is 1. The summed E-state index contributed by atoms with van der Waals surface area (Å²) in [6.07, 6.45) is 3.33. The molecule has 1 unspecified atom stereocenters. The van der Waals surface area contributed by atoms with E-state index in [1.807, 2.05) is 0 Å². The van der Waals surface area contributed by atoms with Crippen LogP contribution >= 0.6 is 0 Å². The summed E-state index contributed by atoms with van der Waals surface area (Å²) in [7, 11) is 0. The Labute approximate surface area is 92.2 Å². The van der Waals surface area contributed by atoms with Gasteiger partial charge in [-0.1, -0.05) is 18.2 Å². The van der Waals surface area contributed by atoms with Gasteiger partial charge in [-0.15, -0.1) is 0 Å². The number of carbonyl (C=O) groups excluding carboxylic acids is 2. The van der Waals surface area contributed by atoms with Gasteiger partial charge >= 0.3 is 0 Å². The van der Waals surface area contributed by atoms with Crippen LogP contribution in [0.5, 0.6) is 0 Å². The van der Waals surface area contributed by atoms with Crippen LogP contribution in [0.1, 0.15) is 12.0 Å². The monoisotopic (exact) mass is 219 g/mol.